The monoisotopic (exact) mass is 344 g/mol. The van der Waals surface area contributed by atoms with Gasteiger partial charge in [-0.25, -0.2) is 0 Å². The van der Waals surface area contributed by atoms with Crippen LogP contribution in [0, 0.1) is 6.92 Å². The van der Waals surface area contributed by atoms with Gasteiger partial charge in [-0.05, 0) is 36.6 Å². The fraction of sp³-hybridized carbons (Fsp3) is 0.500. The quantitative estimate of drug-likeness (QED) is 0.588. The summed E-state index contributed by atoms with van der Waals surface area (Å²) in [5.41, 5.74) is 3.24. The van der Waals surface area contributed by atoms with E-state index in [-0.39, 0.29) is 18.2 Å². The molecule has 25 heavy (non-hydrogen) atoms. The molecule has 0 saturated carbocycles. The van der Waals surface area contributed by atoms with Gasteiger partial charge < -0.3 is 15.1 Å². The van der Waals surface area contributed by atoms with E-state index < -0.39 is 6.04 Å². The molecule has 7 nitrogen and oxygen atoms in total. The molecular weight excluding hydrogens is 320 g/mol. The first-order valence-corrected chi connectivity index (χ1v) is 8.68. The first-order chi connectivity index (χ1) is 12.1. The van der Waals surface area contributed by atoms with Gasteiger partial charge in [0.1, 0.15) is 6.04 Å². The number of aryl methyl sites for hydroxylation is 1. The summed E-state index contributed by atoms with van der Waals surface area (Å²) in [4.78, 5) is 38.7. The number of nitrogens with one attached hydrogen (secondary N) is 2. The van der Waals surface area contributed by atoms with E-state index in [0.717, 1.165) is 43.0 Å². The smallest absolute Gasteiger partial charge is 0.249 e. The van der Waals surface area contributed by atoms with Gasteiger partial charge in [-0.15, -0.1) is 0 Å². The van der Waals surface area contributed by atoms with Crippen molar-refractivity contribution in [2.24, 2.45) is 0 Å². The molecule has 2 fully saturated rings. The maximum absolute atomic E-state index is 12.0. The Bertz CT molecular complexity index is 670. The number of amides is 3. The van der Waals surface area contributed by atoms with Crippen molar-refractivity contribution in [2.45, 2.75) is 32.4 Å². The molecule has 2 N–H and O–H groups in total. The molecular formula is C18H24N4O3. The van der Waals surface area contributed by atoms with Crippen LogP contribution in [0.3, 0.4) is 0 Å². The van der Waals surface area contributed by atoms with E-state index in [1.165, 1.54) is 4.90 Å². The number of hydrogen-bond acceptors (Lipinski definition) is 5. The van der Waals surface area contributed by atoms with E-state index in [0.29, 0.717) is 19.4 Å². The van der Waals surface area contributed by atoms with E-state index >= 15 is 0 Å². The molecule has 1 atom stereocenters. The third-order valence-electron chi connectivity index (χ3n) is 4.91. The Morgan fingerprint density at radius 3 is 2.72 bits per heavy atom. The third-order valence-corrected chi connectivity index (χ3v) is 4.91. The molecule has 7 heteroatoms. The Balaban J connectivity index is 1.76. The molecule has 3 rings (SSSR count). The predicted molar refractivity (Wildman–Crippen MR) is 94.0 cm³/mol. The topological polar surface area (TPSA) is 81.8 Å². The second-order valence-electron chi connectivity index (χ2n) is 6.59. The highest BCUT2D eigenvalue weighted by atomic mass is 16.2. The second kappa shape index (κ2) is 7.65. The molecule has 0 radical (unpaired) electrons. The van der Waals surface area contributed by atoms with Gasteiger partial charge in [-0.1, -0.05) is 6.07 Å². The summed E-state index contributed by atoms with van der Waals surface area (Å²) >= 11 is 0. The summed E-state index contributed by atoms with van der Waals surface area (Å²) < 4.78 is 0. The second-order valence-corrected chi connectivity index (χ2v) is 6.59. The number of piperazine rings is 1. The number of carbonyl (C=O) groups excluding carboxylic acids is 3. The number of nitrogens with zero attached hydrogens (tertiary/aromatic N) is 2. The minimum atomic E-state index is -0.586. The summed E-state index contributed by atoms with van der Waals surface area (Å²) in [5.74, 6) is -0.664. The van der Waals surface area contributed by atoms with Gasteiger partial charge in [0.2, 0.25) is 18.2 Å². The molecule has 2 saturated heterocycles. The zero-order valence-electron chi connectivity index (χ0n) is 14.5. The lowest BCUT2D eigenvalue weighted by atomic mass is 10.0. The highest BCUT2D eigenvalue weighted by Crippen LogP contribution is 2.22. The van der Waals surface area contributed by atoms with Crippen molar-refractivity contribution < 1.29 is 14.4 Å². The third kappa shape index (κ3) is 3.99. The normalized spacial score (nSPS) is 21.0. The Morgan fingerprint density at radius 2 is 2.04 bits per heavy atom. The Kier molecular flexibility index (Phi) is 5.33. The molecule has 0 bridgehead atoms. The molecule has 3 amide bonds. The van der Waals surface area contributed by atoms with Gasteiger partial charge >= 0.3 is 0 Å². The zero-order chi connectivity index (χ0) is 17.8. The number of hydrogen-bond donors (Lipinski definition) is 2. The number of piperidine rings is 1. The van der Waals surface area contributed by atoms with Crippen molar-refractivity contribution in [2.75, 3.05) is 31.1 Å². The fourth-order valence-electron chi connectivity index (χ4n) is 3.36. The van der Waals surface area contributed by atoms with Crippen LogP contribution >= 0.6 is 0 Å². The van der Waals surface area contributed by atoms with Crippen LogP contribution in [0.25, 0.3) is 0 Å². The van der Waals surface area contributed by atoms with Gasteiger partial charge in [0.05, 0.1) is 0 Å². The molecule has 0 spiro atoms. The Morgan fingerprint density at radius 1 is 1.28 bits per heavy atom. The highest BCUT2D eigenvalue weighted by molar-refractivity contribution is 6.00. The predicted octanol–water partition coefficient (Wildman–Crippen LogP) is 0.168. The van der Waals surface area contributed by atoms with Crippen molar-refractivity contribution >= 4 is 23.9 Å². The molecule has 2 aliphatic rings. The summed E-state index contributed by atoms with van der Waals surface area (Å²) in [7, 11) is 0. The average molecular weight is 344 g/mol. The highest BCUT2D eigenvalue weighted by Gasteiger charge is 2.31. The van der Waals surface area contributed by atoms with Crippen molar-refractivity contribution in [3.8, 4) is 0 Å². The van der Waals surface area contributed by atoms with Crippen LogP contribution in [0.1, 0.15) is 24.0 Å². The Labute approximate surface area is 147 Å². The number of anilines is 1. The molecule has 0 aromatic heterocycles. The molecule has 0 aliphatic carbocycles. The van der Waals surface area contributed by atoms with Crippen LogP contribution in [0.5, 0.6) is 0 Å². The molecule has 1 aromatic carbocycles. The van der Waals surface area contributed by atoms with Crippen LogP contribution in [0.4, 0.5) is 5.69 Å². The maximum atomic E-state index is 12.0. The lowest BCUT2D eigenvalue weighted by molar-refractivity contribution is -0.141. The lowest BCUT2D eigenvalue weighted by Crippen LogP contribution is -2.51. The van der Waals surface area contributed by atoms with Gasteiger partial charge in [-0.2, -0.15) is 0 Å². The minimum absolute atomic E-state index is 0.264. The molecule has 134 valence electrons. The van der Waals surface area contributed by atoms with Crippen LogP contribution in [0.2, 0.25) is 0 Å². The minimum Gasteiger partial charge on any atom is -0.369 e. The fourth-order valence-corrected chi connectivity index (χ4v) is 3.36. The van der Waals surface area contributed by atoms with Crippen molar-refractivity contribution in [1.82, 2.24) is 15.5 Å². The summed E-state index contributed by atoms with van der Waals surface area (Å²) in [6, 6.07) is 5.67. The number of rotatable bonds is 5. The molecule has 1 aromatic rings. The van der Waals surface area contributed by atoms with E-state index in [4.69, 9.17) is 0 Å². The zero-order valence-corrected chi connectivity index (χ0v) is 14.5. The standard InChI is InChI=1S/C18H24N4O3/c1-13-2-3-15(21-8-6-19-7-9-21)10-14(13)11-22(12-23)16-4-5-17(24)20-18(16)25/h2-3,10,12,16,19H,4-9,11H2,1H3,(H,20,24,25)/t16-/m0/s1. The largest absolute Gasteiger partial charge is 0.369 e. The summed E-state index contributed by atoms with van der Waals surface area (Å²) in [6.07, 6.45) is 1.34. The number of benzene rings is 1. The number of imide groups is 1. The van der Waals surface area contributed by atoms with Crippen LogP contribution in [0.15, 0.2) is 18.2 Å². The van der Waals surface area contributed by atoms with Gasteiger partial charge in [0.15, 0.2) is 0 Å². The first-order valence-electron chi connectivity index (χ1n) is 8.68. The number of carbonyl (C=O) groups is 3. The van der Waals surface area contributed by atoms with Crippen LogP contribution in [-0.2, 0) is 20.9 Å². The van der Waals surface area contributed by atoms with Crippen molar-refractivity contribution in [3.05, 3.63) is 29.3 Å². The average Bonchev–Trinajstić information content (AvgIpc) is 2.62. The lowest BCUT2D eigenvalue weighted by Gasteiger charge is -2.32. The van der Waals surface area contributed by atoms with E-state index in [1.54, 1.807) is 0 Å². The first kappa shape index (κ1) is 17.4. The van der Waals surface area contributed by atoms with Gasteiger partial charge in [0.25, 0.3) is 0 Å². The SMILES string of the molecule is Cc1ccc(N2CCNCC2)cc1CN(C=O)[C@H]1CCC(=O)NC1=O. The molecule has 0 unspecified atom stereocenters. The van der Waals surface area contributed by atoms with Crippen LogP contribution in [-0.4, -0.2) is 55.3 Å². The van der Waals surface area contributed by atoms with Gasteiger partial charge in [-0.3, -0.25) is 19.7 Å². The van der Waals surface area contributed by atoms with Crippen molar-refractivity contribution in [1.29, 1.82) is 0 Å². The molecule has 2 aliphatic heterocycles. The maximum Gasteiger partial charge on any atom is 0.249 e. The van der Waals surface area contributed by atoms with E-state index in [2.05, 4.69) is 33.7 Å². The van der Waals surface area contributed by atoms with Gasteiger partial charge in [0, 0.05) is 44.8 Å². The summed E-state index contributed by atoms with van der Waals surface area (Å²) in [6.45, 7) is 6.19. The summed E-state index contributed by atoms with van der Waals surface area (Å²) in [5, 5.41) is 5.65. The van der Waals surface area contributed by atoms with E-state index in [1.807, 2.05) is 6.92 Å². The molecule has 2 heterocycles. The van der Waals surface area contributed by atoms with E-state index in [9.17, 15) is 14.4 Å². The van der Waals surface area contributed by atoms with Crippen LogP contribution < -0.4 is 15.5 Å². The van der Waals surface area contributed by atoms with Crippen molar-refractivity contribution in [3.63, 3.8) is 0 Å². The Hall–Kier alpha value is -2.41.